The molecule has 0 spiro atoms. The Kier molecular flexibility index (Phi) is 4.48. The minimum absolute atomic E-state index is 0.0532. The van der Waals surface area contributed by atoms with E-state index in [4.69, 9.17) is 10.2 Å². The summed E-state index contributed by atoms with van der Waals surface area (Å²) in [4.78, 5) is 21.8. The third kappa shape index (κ3) is 3.03. The lowest BCUT2D eigenvalue weighted by atomic mass is 9.78. The summed E-state index contributed by atoms with van der Waals surface area (Å²) in [6.45, 7) is 0. The Labute approximate surface area is 211 Å². The van der Waals surface area contributed by atoms with Gasteiger partial charge in [-0.2, -0.15) is 15.5 Å². The molecule has 0 unspecified atom stereocenters. The SMILES string of the molecule is Cn1cc(-c2[nH]c3ncc4c(c3c2-c2ccc3c(cnn3C)c2)n([C@H]2C[C@@H](CC#N)C2)c(=O)n4C)cn1. The van der Waals surface area contributed by atoms with Gasteiger partial charge in [-0.25, -0.2) is 9.78 Å². The number of fused-ring (bicyclic) bond motifs is 4. The summed E-state index contributed by atoms with van der Waals surface area (Å²) in [5.41, 5.74) is 7.24. The first-order chi connectivity index (χ1) is 17.9. The Bertz CT molecular complexity index is 1950. The van der Waals surface area contributed by atoms with Gasteiger partial charge in [-0.05, 0) is 36.5 Å². The normalized spacial score (nSPS) is 17.6. The molecule has 0 saturated heterocycles. The van der Waals surface area contributed by atoms with Gasteiger partial charge < -0.3 is 4.98 Å². The Morgan fingerprint density at radius 3 is 2.68 bits per heavy atom. The molecule has 10 heteroatoms. The maximum atomic E-state index is 13.5. The number of imidazole rings is 1. The molecular weight excluding hydrogens is 466 g/mol. The van der Waals surface area contributed by atoms with Crippen molar-refractivity contribution in [2.75, 3.05) is 0 Å². The molecule has 10 nitrogen and oxygen atoms in total. The molecule has 0 atom stereocenters. The van der Waals surface area contributed by atoms with Gasteiger partial charge in [0.1, 0.15) is 5.65 Å². The minimum Gasteiger partial charge on any atom is -0.339 e. The van der Waals surface area contributed by atoms with Crippen LogP contribution < -0.4 is 5.69 Å². The molecule has 0 aliphatic heterocycles. The number of pyridine rings is 1. The molecule has 7 rings (SSSR count). The van der Waals surface area contributed by atoms with Crippen LogP contribution >= 0.6 is 0 Å². The van der Waals surface area contributed by atoms with Crippen molar-refractivity contribution in [3.05, 3.63) is 53.5 Å². The smallest absolute Gasteiger partial charge is 0.329 e. The van der Waals surface area contributed by atoms with E-state index < -0.39 is 0 Å². The first kappa shape index (κ1) is 21.6. The van der Waals surface area contributed by atoms with Crippen molar-refractivity contribution in [3.8, 4) is 28.5 Å². The third-order valence-electron chi connectivity index (χ3n) is 7.86. The van der Waals surface area contributed by atoms with Crippen LogP contribution in [-0.4, -0.2) is 38.7 Å². The van der Waals surface area contributed by atoms with E-state index in [0.29, 0.717) is 12.3 Å². The lowest BCUT2D eigenvalue weighted by Crippen LogP contribution is -2.34. The molecule has 1 saturated carbocycles. The van der Waals surface area contributed by atoms with Crippen LogP contribution in [0.1, 0.15) is 25.3 Å². The Hall–Kier alpha value is -4.65. The van der Waals surface area contributed by atoms with Gasteiger partial charge in [0.2, 0.25) is 0 Å². The van der Waals surface area contributed by atoms with Crippen molar-refractivity contribution in [3.63, 3.8) is 0 Å². The summed E-state index contributed by atoms with van der Waals surface area (Å²) in [6.07, 6.45) is 9.64. The molecule has 1 aliphatic rings. The average Bonchev–Trinajstić information content (AvgIpc) is 3.62. The van der Waals surface area contributed by atoms with E-state index in [2.05, 4.69) is 39.4 Å². The lowest BCUT2D eigenvalue weighted by Gasteiger charge is -2.34. The van der Waals surface area contributed by atoms with Gasteiger partial charge in [-0.3, -0.25) is 18.5 Å². The monoisotopic (exact) mass is 491 g/mol. The number of rotatable bonds is 4. The molecule has 0 amide bonds. The van der Waals surface area contributed by atoms with Crippen molar-refractivity contribution in [2.24, 2.45) is 27.1 Å². The van der Waals surface area contributed by atoms with Crippen molar-refractivity contribution in [1.82, 2.24) is 38.7 Å². The minimum atomic E-state index is -0.0532. The van der Waals surface area contributed by atoms with Crippen molar-refractivity contribution in [2.45, 2.75) is 25.3 Å². The number of aromatic nitrogens is 8. The molecule has 5 heterocycles. The zero-order valence-electron chi connectivity index (χ0n) is 20.8. The van der Waals surface area contributed by atoms with E-state index in [1.165, 1.54) is 0 Å². The molecule has 1 fully saturated rings. The number of H-pyrrole nitrogens is 1. The van der Waals surface area contributed by atoms with Crippen molar-refractivity contribution in [1.29, 1.82) is 5.26 Å². The number of nitriles is 1. The lowest BCUT2D eigenvalue weighted by molar-refractivity contribution is 0.201. The second-order valence-electron chi connectivity index (χ2n) is 10.1. The van der Waals surface area contributed by atoms with E-state index in [0.717, 1.165) is 68.2 Å². The predicted octanol–water partition coefficient (Wildman–Crippen LogP) is 4.04. The zero-order valence-corrected chi connectivity index (χ0v) is 20.8. The number of benzene rings is 1. The van der Waals surface area contributed by atoms with Crippen LogP contribution in [0.25, 0.3) is 55.4 Å². The first-order valence-electron chi connectivity index (χ1n) is 12.3. The van der Waals surface area contributed by atoms with Gasteiger partial charge in [0.15, 0.2) is 0 Å². The van der Waals surface area contributed by atoms with Crippen LogP contribution in [-0.2, 0) is 21.1 Å². The zero-order chi connectivity index (χ0) is 25.4. The van der Waals surface area contributed by atoms with Crippen LogP contribution in [0.2, 0.25) is 0 Å². The fourth-order valence-electron chi connectivity index (χ4n) is 5.90. The second kappa shape index (κ2) is 7.67. The van der Waals surface area contributed by atoms with Gasteiger partial charge in [-0.15, -0.1) is 0 Å². The van der Waals surface area contributed by atoms with Gasteiger partial charge in [0, 0.05) is 56.3 Å². The first-order valence-corrected chi connectivity index (χ1v) is 12.3. The summed E-state index contributed by atoms with van der Waals surface area (Å²) in [7, 11) is 5.63. The number of nitrogens with zero attached hydrogens (tertiary/aromatic N) is 8. The summed E-state index contributed by atoms with van der Waals surface area (Å²) in [5, 5.41) is 19.9. The average molecular weight is 492 g/mol. The summed E-state index contributed by atoms with van der Waals surface area (Å²) < 4.78 is 7.25. The number of hydrogen-bond donors (Lipinski definition) is 1. The molecule has 1 aromatic carbocycles. The molecule has 37 heavy (non-hydrogen) atoms. The van der Waals surface area contributed by atoms with Gasteiger partial charge >= 0.3 is 5.69 Å². The van der Waals surface area contributed by atoms with Gasteiger partial charge in [0.25, 0.3) is 0 Å². The van der Waals surface area contributed by atoms with E-state index in [1.807, 2.05) is 41.9 Å². The number of aryl methyl sites for hydroxylation is 3. The molecule has 1 N–H and O–H groups in total. The van der Waals surface area contributed by atoms with E-state index in [9.17, 15) is 4.79 Å². The molecule has 0 radical (unpaired) electrons. The Balaban J connectivity index is 1.57. The summed E-state index contributed by atoms with van der Waals surface area (Å²) >= 11 is 0. The quantitative estimate of drug-likeness (QED) is 0.400. The summed E-state index contributed by atoms with van der Waals surface area (Å²) in [5.74, 6) is 0.333. The molecule has 6 aromatic rings. The second-order valence-corrected chi connectivity index (χ2v) is 10.1. The van der Waals surface area contributed by atoms with Crippen molar-refractivity contribution < 1.29 is 0 Å². The van der Waals surface area contributed by atoms with Crippen LogP contribution in [0.15, 0.2) is 47.8 Å². The van der Waals surface area contributed by atoms with Crippen LogP contribution in [0, 0.1) is 17.2 Å². The number of nitrogens with one attached hydrogen (secondary N) is 1. The predicted molar refractivity (Wildman–Crippen MR) is 141 cm³/mol. The topological polar surface area (TPSA) is 115 Å². The highest BCUT2D eigenvalue weighted by Crippen LogP contribution is 2.45. The van der Waals surface area contributed by atoms with Crippen LogP contribution in [0.5, 0.6) is 0 Å². The molecule has 5 aromatic heterocycles. The fraction of sp³-hybridized carbons (Fsp3) is 0.296. The summed E-state index contributed by atoms with van der Waals surface area (Å²) in [6, 6.07) is 8.65. The number of hydrogen-bond acceptors (Lipinski definition) is 5. The highest BCUT2D eigenvalue weighted by Gasteiger charge is 2.34. The molecule has 184 valence electrons. The van der Waals surface area contributed by atoms with Gasteiger partial charge in [-0.1, -0.05) is 6.07 Å². The van der Waals surface area contributed by atoms with Crippen molar-refractivity contribution >= 4 is 33.0 Å². The highest BCUT2D eigenvalue weighted by molar-refractivity contribution is 6.14. The molecule has 0 bridgehead atoms. The van der Waals surface area contributed by atoms with E-state index in [1.54, 1.807) is 22.5 Å². The number of aromatic amines is 1. The standard InChI is InChI=1S/C27H25N9O/c1-33-14-18(12-30-33)24-22(16-4-5-20-17(10-16)11-31-35(20)3)23-25-21(13-29-26(23)32-24)34(2)27(37)36(25)19-8-15(9-19)6-7-28/h4-5,10-15,19H,6,8-9H2,1-3H3,(H,29,32)/t15-,19+. The van der Waals surface area contributed by atoms with Crippen LogP contribution in [0.3, 0.4) is 0 Å². The Morgan fingerprint density at radius 1 is 1.08 bits per heavy atom. The van der Waals surface area contributed by atoms with E-state index in [-0.39, 0.29) is 11.7 Å². The van der Waals surface area contributed by atoms with Gasteiger partial charge in [0.05, 0.1) is 52.3 Å². The molecular formula is C27H25N9O. The fourth-order valence-corrected chi connectivity index (χ4v) is 5.90. The van der Waals surface area contributed by atoms with E-state index >= 15 is 0 Å². The highest BCUT2D eigenvalue weighted by atomic mass is 16.1. The Morgan fingerprint density at radius 2 is 1.92 bits per heavy atom. The maximum absolute atomic E-state index is 13.5. The molecule has 1 aliphatic carbocycles. The largest absolute Gasteiger partial charge is 0.339 e. The maximum Gasteiger partial charge on any atom is 0.329 e. The van der Waals surface area contributed by atoms with Crippen LogP contribution in [0.4, 0.5) is 0 Å². The third-order valence-corrected chi connectivity index (χ3v) is 7.86.